The van der Waals surface area contributed by atoms with E-state index in [0.717, 1.165) is 39.1 Å². The smallest absolute Gasteiger partial charge is 0.194 e. The standard InChI is InChI=1S/C23H18ClNO/c1-25(2)16-12-11-15(22(24)14-16)13-21-17-7-3-5-9-19(17)23(26)20-10-6-4-8-18(20)21/h3-14H,1-2H3. The Balaban J connectivity index is 1.93. The van der Waals surface area contributed by atoms with E-state index in [0.29, 0.717) is 5.02 Å². The molecule has 0 saturated carbocycles. The Morgan fingerprint density at radius 2 is 1.35 bits per heavy atom. The van der Waals surface area contributed by atoms with Gasteiger partial charge in [0.05, 0.1) is 0 Å². The molecule has 3 heteroatoms. The maximum Gasteiger partial charge on any atom is 0.194 e. The first-order valence-electron chi connectivity index (χ1n) is 8.48. The summed E-state index contributed by atoms with van der Waals surface area (Å²) in [6.07, 6.45) is 2.08. The van der Waals surface area contributed by atoms with Gasteiger partial charge < -0.3 is 4.90 Å². The average Bonchev–Trinajstić information content (AvgIpc) is 2.66. The van der Waals surface area contributed by atoms with Crippen LogP contribution in [0.1, 0.15) is 32.6 Å². The number of carbonyl (C=O) groups is 1. The normalized spacial score (nSPS) is 12.4. The quantitative estimate of drug-likeness (QED) is 0.468. The zero-order chi connectivity index (χ0) is 18.3. The van der Waals surface area contributed by atoms with Crippen molar-refractivity contribution in [1.29, 1.82) is 0 Å². The van der Waals surface area contributed by atoms with Crippen LogP contribution < -0.4 is 4.90 Å². The highest BCUT2D eigenvalue weighted by atomic mass is 35.5. The lowest BCUT2D eigenvalue weighted by molar-refractivity contribution is 0.103. The molecule has 0 spiro atoms. The van der Waals surface area contributed by atoms with Gasteiger partial charge in [0.2, 0.25) is 0 Å². The number of hydrogen-bond acceptors (Lipinski definition) is 2. The monoisotopic (exact) mass is 359 g/mol. The molecule has 0 fully saturated rings. The molecule has 4 rings (SSSR count). The van der Waals surface area contributed by atoms with Crippen molar-refractivity contribution in [2.24, 2.45) is 0 Å². The molecule has 2 nitrogen and oxygen atoms in total. The fourth-order valence-electron chi connectivity index (χ4n) is 3.34. The number of halogens is 1. The molecule has 0 heterocycles. The lowest BCUT2D eigenvalue weighted by Gasteiger charge is -2.22. The van der Waals surface area contributed by atoms with Crippen molar-refractivity contribution < 1.29 is 4.79 Å². The third-order valence-electron chi connectivity index (χ3n) is 4.72. The molecule has 0 aliphatic heterocycles. The largest absolute Gasteiger partial charge is 0.378 e. The number of anilines is 1. The van der Waals surface area contributed by atoms with Gasteiger partial charge in [-0.2, -0.15) is 0 Å². The summed E-state index contributed by atoms with van der Waals surface area (Å²) in [6, 6.07) is 21.5. The van der Waals surface area contributed by atoms with E-state index in [1.807, 2.05) is 85.7 Å². The van der Waals surface area contributed by atoms with Crippen molar-refractivity contribution in [2.45, 2.75) is 0 Å². The molecule has 1 aliphatic carbocycles. The van der Waals surface area contributed by atoms with Gasteiger partial charge >= 0.3 is 0 Å². The van der Waals surface area contributed by atoms with Crippen molar-refractivity contribution in [3.8, 4) is 0 Å². The minimum absolute atomic E-state index is 0.0717. The predicted octanol–water partition coefficient (Wildman–Crippen LogP) is 5.54. The molecule has 0 N–H and O–H groups in total. The molecule has 1 aliphatic rings. The average molecular weight is 360 g/mol. The lowest BCUT2D eigenvalue weighted by atomic mass is 9.81. The second kappa shape index (κ2) is 6.47. The zero-order valence-electron chi connectivity index (χ0n) is 14.7. The Kier molecular flexibility index (Phi) is 4.14. The first-order valence-corrected chi connectivity index (χ1v) is 8.86. The van der Waals surface area contributed by atoms with E-state index in [4.69, 9.17) is 11.6 Å². The summed E-state index contributed by atoms with van der Waals surface area (Å²) in [4.78, 5) is 14.9. The molecule has 0 bridgehead atoms. The van der Waals surface area contributed by atoms with Gasteiger partial charge in [0.1, 0.15) is 0 Å². The van der Waals surface area contributed by atoms with Gasteiger partial charge in [0, 0.05) is 35.9 Å². The molecule has 3 aromatic rings. The molecule has 0 amide bonds. The molecular weight excluding hydrogens is 342 g/mol. The highest BCUT2D eigenvalue weighted by Gasteiger charge is 2.26. The van der Waals surface area contributed by atoms with Crippen LogP contribution in [0.4, 0.5) is 5.69 Å². The summed E-state index contributed by atoms with van der Waals surface area (Å²) in [6.45, 7) is 0. The van der Waals surface area contributed by atoms with E-state index in [1.54, 1.807) is 0 Å². The van der Waals surface area contributed by atoms with Gasteiger partial charge in [0.15, 0.2) is 5.78 Å². The topological polar surface area (TPSA) is 20.3 Å². The van der Waals surface area contributed by atoms with Gasteiger partial charge in [-0.15, -0.1) is 0 Å². The molecule has 0 radical (unpaired) electrons. The predicted molar refractivity (Wildman–Crippen MR) is 109 cm³/mol. The van der Waals surface area contributed by atoms with Crippen LogP contribution >= 0.6 is 11.6 Å². The summed E-state index contributed by atoms with van der Waals surface area (Å²) in [5.74, 6) is 0.0717. The summed E-state index contributed by atoms with van der Waals surface area (Å²) >= 11 is 6.54. The summed E-state index contributed by atoms with van der Waals surface area (Å²) in [5.41, 5.74) is 6.38. The number of ketones is 1. The van der Waals surface area contributed by atoms with Gasteiger partial charge in [-0.25, -0.2) is 0 Å². The Morgan fingerprint density at radius 1 is 0.808 bits per heavy atom. The van der Waals surface area contributed by atoms with E-state index < -0.39 is 0 Å². The van der Waals surface area contributed by atoms with Gasteiger partial charge in [-0.3, -0.25) is 4.79 Å². The Labute approximate surface area is 158 Å². The number of benzene rings is 3. The number of nitrogens with zero attached hydrogens (tertiary/aromatic N) is 1. The molecular formula is C23H18ClNO. The minimum Gasteiger partial charge on any atom is -0.378 e. The van der Waals surface area contributed by atoms with E-state index in [2.05, 4.69) is 6.08 Å². The van der Waals surface area contributed by atoms with Crippen LogP contribution in [0.2, 0.25) is 5.02 Å². The second-order valence-electron chi connectivity index (χ2n) is 6.58. The van der Waals surface area contributed by atoms with Crippen LogP contribution in [0, 0.1) is 0 Å². The Morgan fingerprint density at radius 3 is 1.85 bits per heavy atom. The van der Waals surface area contributed by atoms with Gasteiger partial charge in [0.25, 0.3) is 0 Å². The van der Waals surface area contributed by atoms with E-state index in [-0.39, 0.29) is 5.78 Å². The van der Waals surface area contributed by atoms with E-state index >= 15 is 0 Å². The van der Waals surface area contributed by atoms with Crippen molar-refractivity contribution >= 4 is 34.7 Å². The van der Waals surface area contributed by atoms with Crippen LogP contribution in [0.5, 0.6) is 0 Å². The second-order valence-corrected chi connectivity index (χ2v) is 6.99. The fourth-order valence-corrected chi connectivity index (χ4v) is 3.57. The summed E-state index contributed by atoms with van der Waals surface area (Å²) in [7, 11) is 3.98. The highest BCUT2D eigenvalue weighted by Crippen LogP contribution is 2.38. The third-order valence-corrected chi connectivity index (χ3v) is 5.05. The van der Waals surface area contributed by atoms with Crippen molar-refractivity contribution in [3.05, 3.63) is 99.6 Å². The molecule has 0 saturated heterocycles. The van der Waals surface area contributed by atoms with Crippen LogP contribution in [-0.2, 0) is 0 Å². The molecule has 0 atom stereocenters. The number of hydrogen-bond donors (Lipinski definition) is 0. The Hall–Kier alpha value is -2.84. The van der Waals surface area contributed by atoms with Gasteiger partial charge in [-0.05, 0) is 40.5 Å². The number of rotatable bonds is 2. The van der Waals surface area contributed by atoms with Crippen molar-refractivity contribution in [2.75, 3.05) is 19.0 Å². The van der Waals surface area contributed by atoms with Crippen LogP contribution in [0.3, 0.4) is 0 Å². The summed E-state index contributed by atoms with van der Waals surface area (Å²) in [5, 5.41) is 0.690. The highest BCUT2D eigenvalue weighted by molar-refractivity contribution is 6.32. The van der Waals surface area contributed by atoms with E-state index in [9.17, 15) is 4.79 Å². The van der Waals surface area contributed by atoms with Crippen LogP contribution in [0.25, 0.3) is 11.6 Å². The first-order chi connectivity index (χ1) is 12.6. The van der Waals surface area contributed by atoms with E-state index in [1.165, 1.54) is 0 Å². The maximum atomic E-state index is 12.8. The van der Waals surface area contributed by atoms with Gasteiger partial charge in [-0.1, -0.05) is 66.2 Å². The molecule has 0 unspecified atom stereocenters. The third kappa shape index (κ3) is 2.73. The minimum atomic E-state index is 0.0717. The first kappa shape index (κ1) is 16.6. The summed E-state index contributed by atoms with van der Waals surface area (Å²) < 4.78 is 0. The van der Waals surface area contributed by atoms with Crippen molar-refractivity contribution in [3.63, 3.8) is 0 Å². The molecule has 128 valence electrons. The SMILES string of the molecule is CN(C)c1ccc(C=C2c3ccccc3C(=O)c3ccccc32)c(Cl)c1. The maximum absolute atomic E-state index is 12.8. The zero-order valence-corrected chi connectivity index (χ0v) is 15.4. The van der Waals surface area contributed by atoms with Crippen molar-refractivity contribution in [1.82, 2.24) is 0 Å². The molecule has 26 heavy (non-hydrogen) atoms. The fraction of sp³-hybridized carbons (Fsp3) is 0.0870. The number of fused-ring (bicyclic) bond motifs is 2. The Bertz CT molecular complexity index is 998. The molecule has 3 aromatic carbocycles. The van der Waals surface area contributed by atoms with Crippen LogP contribution in [-0.4, -0.2) is 19.9 Å². The molecule has 0 aromatic heterocycles. The van der Waals surface area contributed by atoms with Crippen LogP contribution in [0.15, 0.2) is 66.7 Å². The lowest BCUT2D eigenvalue weighted by Crippen LogP contribution is -2.14. The number of carbonyl (C=O) groups excluding carboxylic acids is 1.